The van der Waals surface area contributed by atoms with E-state index < -0.39 is 0 Å². The van der Waals surface area contributed by atoms with Gasteiger partial charge in [0.15, 0.2) is 0 Å². The monoisotopic (exact) mass is 315 g/mol. The van der Waals surface area contributed by atoms with Crippen molar-refractivity contribution in [3.05, 3.63) is 33.3 Å². The first kappa shape index (κ1) is 9.93. The lowest BCUT2D eigenvalue weighted by molar-refractivity contribution is 0.0941. The molecule has 72 valence electrons. The Morgan fingerprint density at radius 2 is 2.07 bits per heavy atom. The topological polar surface area (TPSA) is 22.0 Å². The molecule has 0 saturated heterocycles. The molecule has 0 atom stereocenters. The maximum Gasteiger partial charge on any atom is 0.227 e. The second kappa shape index (κ2) is 3.51. The summed E-state index contributed by atoms with van der Waals surface area (Å²) in [5.41, 5.74) is 0.916. The molecule has 0 fully saturated rings. The molecule has 0 radical (unpaired) electrons. The van der Waals surface area contributed by atoms with E-state index in [4.69, 9.17) is 0 Å². The van der Waals surface area contributed by atoms with E-state index in [1.54, 1.807) is 17.7 Å². The van der Waals surface area contributed by atoms with E-state index in [0.717, 1.165) is 19.8 Å². The van der Waals surface area contributed by atoms with Gasteiger partial charge in [-0.3, -0.25) is 9.36 Å². The quantitative estimate of drug-likeness (QED) is 0.724. The number of nitrogens with zero attached hydrogens (tertiary/aromatic N) is 1. The van der Waals surface area contributed by atoms with Gasteiger partial charge in [0.25, 0.3) is 0 Å². The number of carbonyl (C=O) groups excluding carboxylic acids is 1. The van der Waals surface area contributed by atoms with E-state index in [0.29, 0.717) is 0 Å². The lowest BCUT2D eigenvalue weighted by Crippen LogP contribution is -2.02. The van der Waals surface area contributed by atoms with Crippen molar-refractivity contribution in [1.82, 2.24) is 4.57 Å². The van der Waals surface area contributed by atoms with E-state index in [-0.39, 0.29) is 5.91 Å². The highest BCUT2D eigenvalue weighted by molar-refractivity contribution is 9.11. The van der Waals surface area contributed by atoms with Gasteiger partial charge in [-0.25, -0.2) is 0 Å². The van der Waals surface area contributed by atoms with Crippen LogP contribution in [0.15, 0.2) is 33.3 Å². The molecule has 0 amide bonds. The smallest absolute Gasteiger partial charge is 0.227 e. The Labute approximate surface area is 98.2 Å². The number of benzene rings is 1. The van der Waals surface area contributed by atoms with Crippen molar-refractivity contribution in [3.63, 3.8) is 0 Å². The number of fused-ring (bicyclic) bond motifs is 1. The molecule has 1 heterocycles. The summed E-state index contributed by atoms with van der Waals surface area (Å²) in [5, 5.41) is 1.04. The third-order valence-electron chi connectivity index (χ3n) is 2.06. The molecule has 0 bridgehead atoms. The maximum absolute atomic E-state index is 11.3. The summed E-state index contributed by atoms with van der Waals surface area (Å²) in [4.78, 5) is 11.3. The van der Waals surface area contributed by atoms with Gasteiger partial charge in [-0.1, -0.05) is 31.9 Å². The Balaban J connectivity index is 2.85. The van der Waals surface area contributed by atoms with E-state index in [1.807, 2.05) is 18.2 Å². The molecular weight excluding hydrogens is 310 g/mol. The van der Waals surface area contributed by atoms with Gasteiger partial charge in [0.05, 0.1) is 5.52 Å². The molecule has 2 rings (SSSR count). The molecule has 1 aromatic heterocycles. The highest BCUT2D eigenvalue weighted by atomic mass is 79.9. The summed E-state index contributed by atoms with van der Waals surface area (Å²) in [5.74, 6) is 0.0185. The predicted molar refractivity (Wildman–Crippen MR) is 63.6 cm³/mol. The summed E-state index contributed by atoms with van der Waals surface area (Å²) < 4.78 is 3.57. The van der Waals surface area contributed by atoms with E-state index in [9.17, 15) is 4.79 Å². The van der Waals surface area contributed by atoms with Gasteiger partial charge in [-0.2, -0.15) is 0 Å². The average molecular weight is 317 g/mol. The zero-order valence-corrected chi connectivity index (χ0v) is 10.6. The van der Waals surface area contributed by atoms with Gasteiger partial charge in [0, 0.05) is 27.5 Å². The lowest BCUT2D eigenvalue weighted by atomic mass is 10.2. The fourth-order valence-corrected chi connectivity index (χ4v) is 2.77. The van der Waals surface area contributed by atoms with Crippen molar-refractivity contribution in [2.24, 2.45) is 0 Å². The van der Waals surface area contributed by atoms with Crippen LogP contribution in [-0.4, -0.2) is 10.5 Å². The lowest BCUT2D eigenvalue weighted by Gasteiger charge is -2.01. The second-order valence-corrected chi connectivity index (χ2v) is 4.80. The first-order valence-corrected chi connectivity index (χ1v) is 5.65. The Kier molecular flexibility index (Phi) is 2.49. The van der Waals surface area contributed by atoms with Crippen molar-refractivity contribution in [1.29, 1.82) is 0 Å². The third kappa shape index (κ3) is 1.53. The average Bonchev–Trinajstić information content (AvgIpc) is 2.47. The fourth-order valence-electron chi connectivity index (χ4n) is 1.44. The number of halogens is 2. The minimum Gasteiger partial charge on any atom is -0.287 e. The zero-order chi connectivity index (χ0) is 10.3. The van der Waals surface area contributed by atoms with E-state index in [1.165, 1.54) is 0 Å². The van der Waals surface area contributed by atoms with Gasteiger partial charge in [0.1, 0.15) is 0 Å². The van der Waals surface area contributed by atoms with Crippen molar-refractivity contribution in [2.45, 2.75) is 6.92 Å². The SMILES string of the molecule is CC(=O)n1ccc2c(Br)cc(Br)cc21. The van der Waals surface area contributed by atoms with Crippen LogP contribution in [0.5, 0.6) is 0 Å². The first-order chi connectivity index (χ1) is 6.59. The number of aromatic nitrogens is 1. The third-order valence-corrected chi connectivity index (χ3v) is 3.18. The number of hydrogen-bond donors (Lipinski definition) is 0. The Morgan fingerprint density at radius 3 is 2.71 bits per heavy atom. The number of hydrogen-bond acceptors (Lipinski definition) is 1. The summed E-state index contributed by atoms with van der Waals surface area (Å²) in [6.45, 7) is 1.55. The van der Waals surface area contributed by atoms with Crippen LogP contribution >= 0.6 is 31.9 Å². The molecule has 0 N–H and O–H groups in total. The molecule has 0 aliphatic rings. The summed E-state index contributed by atoms with van der Waals surface area (Å²) >= 11 is 6.85. The van der Waals surface area contributed by atoms with Crippen LogP contribution in [0.4, 0.5) is 0 Å². The molecule has 0 aliphatic heterocycles. The van der Waals surface area contributed by atoms with Crippen LogP contribution in [0.3, 0.4) is 0 Å². The molecule has 2 aromatic rings. The van der Waals surface area contributed by atoms with Crippen molar-refractivity contribution < 1.29 is 4.79 Å². The van der Waals surface area contributed by atoms with Gasteiger partial charge in [-0.15, -0.1) is 0 Å². The van der Waals surface area contributed by atoms with Gasteiger partial charge < -0.3 is 0 Å². The van der Waals surface area contributed by atoms with Crippen LogP contribution in [0.2, 0.25) is 0 Å². The summed E-state index contributed by atoms with van der Waals surface area (Å²) in [7, 11) is 0. The molecule has 0 saturated carbocycles. The molecule has 4 heteroatoms. The predicted octanol–water partition coefficient (Wildman–Crippen LogP) is 3.83. The van der Waals surface area contributed by atoms with Crippen LogP contribution in [0, 0.1) is 0 Å². The molecule has 14 heavy (non-hydrogen) atoms. The second-order valence-electron chi connectivity index (χ2n) is 3.03. The number of carbonyl (C=O) groups is 1. The Morgan fingerprint density at radius 1 is 1.36 bits per heavy atom. The van der Waals surface area contributed by atoms with Crippen LogP contribution in [-0.2, 0) is 0 Å². The Bertz CT molecular complexity index is 516. The molecule has 0 aliphatic carbocycles. The van der Waals surface area contributed by atoms with Gasteiger partial charge in [-0.05, 0) is 18.2 Å². The van der Waals surface area contributed by atoms with Crippen LogP contribution < -0.4 is 0 Å². The van der Waals surface area contributed by atoms with Crippen molar-refractivity contribution in [3.8, 4) is 0 Å². The Hall–Kier alpha value is -0.610. The standard InChI is InChI=1S/C10H7Br2NO/c1-6(14)13-3-2-8-9(12)4-7(11)5-10(8)13/h2-5H,1H3. The molecular formula is C10H7Br2NO. The molecule has 0 unspecified atom stereocenters. The van der Waals surface area contributed by atoms with Crippen molar-refractivity contribution in [2.75, 3.05) is 0 Å². The summed E-state index contributed by atoms with van der Waals surface area (Å²) in [6.07, 6.45) is 1.78. The summed E-state index contributed by atoms with van der Waals surface area (Å²) in [6, 6.07) is 5.82. The van der Waals surface area contributed by atoms with Gasteiger partial charge >= 0.3 is 0 Å². The normalized spacial score (nSPS) is 10.8. The number of rotatable bonds is 0. The van der Waals surface area contributed by atoms with Crippen LogP contribution in [0.1, 0.15) is 11.7 Å². The van der Waals surface area contributed by atoms with Crippen molar-refractivity contribution >= 4 is 48.7 Å². The molecule has 2 nitrogen and oxygen atoms in total. The highest BCUT2D eigenvalue weighted by Crippen LogP contribution is 2.29. The van der Waals surface area contributed by atoms with Gasteiger partial charge in [0.2, 0.25) is 5.91 Å². The highest BCUT2D eigenvalue weighted by Gasteiger charge is 2.07. The fraction of sp³-hybridized carbons (Fsp3) is 0.100. The molecule has 0 spiro atoms. The minimum atomic E-state index is 0.0185. The first-order valence-electron chi connectivity index (χ1n) is 4.06. The largest absolute Gasteiger partial charge is 0.287 e. The van der Waals surface area contributed by atoms with Crippen LogP contribution in [0.25, 0.3) is 10.9 Å². The zero-order valence-electron chi connectivity index (χ0n) is 7.42. The van der Waals surface area contributed by atoms with E-state index >= 15 is 0 Å². The minimum absolute atomic E-state index is 0.0185. The molecule has 1 aromatic carbocycles. The maximum atomic E-state index is 11.3. The van der Waals surface area contributed by atoms with E-state index in [2.05, 4.69) is 31.9 Å².